The number of hydrogen-bond donors (Lipinski definition) is 2. The zero-order valence-electron chi connectivity index (χ0n) is 9.24. The Balaban J connectivity index is 2.00. The molecular formula is C11H16O5. The van der Waals surface area contributed by atoms with E-state index < -0.39 is 36.3 Å². The van der Waals surface area contributed by atoms with E-state index in [-0.39, 0.29) is 6.10 Å². The van der Waals surface area contributed by atoms with Crippen LogP contribution in [-0.2, 0) is 14.3 Å². The molecule has 2 rings (SSSR count). The summed E-state index contributed by atoms with van der Waals surface area (Å²) in [4.78, 5) is 11.4. The number of aliphatic hydroxyl groups excluding tert-OH is 2. The number of carbonyl (C=O) groups excluding carboxylic acids is 1. The van der Waals surface area contributed by atoms with Gasteiger partial charge in [0.15, 0.2) is 0 Å². The van der Waals surface area contributed by atoms with Crippen molar-refractivity contribution in [2.24, 2.45) is 5.92 Å². The van der Waals surface area contributed by atoms with Gasteiger partial charge in [0.25, 0.3) is 0 Å². The number of esters is 1. The first-order chi connectivity index (χ1) is 7.56. The van der Waals surface area contributed by atoms with Crippen molar-refractivity contribution >= 4 is 5.97 Å². The molecule has 0 bridgehead atoms. The Hall–Kier alpha value is -0.910. The van der Waals surface area contributed by atoms with Crippen LogP contribution in [0.4, 0.5) is 0 Å². The number of cyclic esters (lactones) is 1. The lowest BCUT2D eigenvalue weighted by atomic mass is 9.92. The van der Waals surface area contributed by atoms with Gasteiger partial charge in [0.1, 0.15) is 30.3 Å². The molecule has 90 valence electrons. The van der Waals surface area contributed by atoms with Crippen molar-refractivity contribution in [3.8, 4) is 0 Å². The minimum atomic E-state index is -1.01. The van der Waals surface area contributed by atoms with Crippen LogP contribution in [0.15, 0.2) is 12.2 Å². The summed E-state index contributed by atoms with van der Waals surface area (Å²) in [6.07, 6.45) is 0.537. The average Bonchev–Trinajstić information content (AvgIpc) is 2.92. The Labute approximate surface area is 93.7 Å². The quantitative estimate of drug-likeness (QED) is 0.391. The summed E-state index contributed by atoms with van der Waals surface area (Å²) in [6.45, 7) is 3.46. The lowest BCUT2D eigenvalue weighted by Gasteiger charge is -2.16. The molecule has 2 aliphatic rings. The standard InChI is InChI=1S/C11H16O5/c1-3-4-6-10(16-6)9(13)7-8(12)5(2)15-11(7)14/h3-10,12-13H,1-2H3/b4-3+/t5-,6-,7+,8+,9+,10-/m0/s1. The second-order valence-electron chi connectivity index (χ2n) is 4.24. The Morgan fingerprint density at radius 2 is 2.19 bits per heavy atom. The van der Waals surface area contributed by atoms with Gasteiger partial charge in [-0.3, -0.25) is 4.79 Å². The molecule has 2 saturated heterocycles. The van der Waals surface area contributed by atoms with E-state index in [9.17, 15) is 15.0 Å². The minimum absolute atomic E-state index is 0.157. The summed E-state index contributed by atoms with van der Waals surface area (Å²) < 4.78 is 10.1. The van der Waals surface area contributed by atoms with Crippen LogP contribution in [0.3, 0.4) is 0 Å². The predicted octanol–water partition coefficient (Wildman–Crippen LogP) is -0.387. The Bertz CT molecular complexity index is 313. The third-order valence-corrected chi connectivity index (χ3v) is 3.07. The van der Waals surface area contributed by atoms with Gasteiger partial charge in [0.2, 0.25) is 0 Å². The van der Waals surface area contributed by atoms with Crippen molar-refractivity contribution in [3.63, 3.8) is 0 Å². The van der Waals surface area contributed by atoms with Gasteiger partial charge in [-0.15, -0.1) is 0 Å². The lowest BCUT2D eigenvalue weighted by molar-refractivity contribution is -0.146. The summed E-state index contributed by atoms with van der Waals surface area (Å²) in [5.74, 6) is -1.45. The largest absolute Gasteiger partial charge is 0.460 e. The van der Waals surface area contributed by atoms with Crippen LogP contribution < -0.4 is 0 Å². The van der Waals surface area contributed by atoms with Gasteiger partial charge in [-0.2, -0.15) is 0 Å². The maximum absolute atomic E-state index is 11.4. The van der Waals surface area contributed by atoms with Crippen LogP contribution in [0, 0.1) is 5.92 Å². The predicted molar refractivity (Wildman–Crippen MR) is 54.5 cm³/mol. The van der Waals surface area contributed by atoms with Crippen molar-refractivity contribution in [2.75, 3.05) is 0 Å². The van der Waals surface area contributed by atoms with E-state index in [0.29, 0.717) is 0 Å². The Morgan fingerprint density at radius 3 is 2.69 bits per heavy atom. The number of rotatable bonds is 3. The van der Waals surface area contributed by atoms with Crippen molar-refractivity contribution in [1.29, 1.82) is 0 Å². The van der Waals surface area contributed by atoms with E-state index in [4.69, 9.17) is 9.47 Å². The minimum Gasteiger partial charge on any atom is -0.460 e. The molecule has 0 saturated carbocycles. The van der Waals surface area contributed by atoms with Crippen molar-refractivity contribution < 1.29 is 24.5 Å². The molecule has 0 spiro atoms. The van der Waals surface area contributed by atoms with Gasteiger partial charge < -0.3 is 19.7 Å². The van der Waals surface area contributed by atoms with Gasteiger partial charge in [0, 0.05) is 0 Å². The van der Waals surface area contributed by atoms with Crippen LogP contribution in [0.25, 0.3) is 0 Å². The molecule has 2 N–H and O–H groups in total. The van der Waals surface area contributed by atoms with Gasteiger partial charge in [0.05, 0.1) is 6.10 Å². The second-order valence-corrected chi connectivity index (χ2v) is 4.24. The smallest absolute Gasteiger partial charge is 0.314 e. The summed E-state index contributed by atoms with van der Waals surface area (Å²) in [5.41, 5.74) is 0. The molecule has 2 fully saturated rings. The molecule has 0 aromatic heterocycles. The molecule has 2 aliphatic heterocycles. The van der Waals surface area contributed by atoms with Crippen molar-refractivity contribution in [3.05, 3.63) is 12.2 Å². The third-order valence-electron chi connectivity index (χ3n) is 3.07. The SMILES string of the molecule is C/C=C/[C@@H]1O[C@@H]1[C@H](O)[C@@H]1C(=O)O[C@@H](C)[C@H]1O. The summed E-state index contributed by atoms with van der Waals surface area (Å²) in [5, 5.41) is 19.6. The van der Waals surface area contributed by atoms with Gasteiger partial charge in [-0.05, 0) is 13.8 Å². The summed E-state index contributed by atoms with van der Waals surface area (Å²) in [7, 11) is 0. The van der Waals surface area contributed by atoms with E-state index in [2.05, 4.69) is 0 Å². The van der Waals surface area contributed by atoms with E-state index in [1.54, 1.807) is 6.92 Å². The summed E-state index contributed by atoms with van der Waals surface area (Å²) >= 11 is 0. The van der Waals surface area contributed by atoms with Gasteiger partial charge >= 0.3 is 5.97 Å². The maximum atomic E-state index is 11.4. The first kappa shape index (κ1) is 11.6. The highest BCUT2D eigenvalue weighted by molar-refractivity contribution is 5.76. The van der Waals surface area contributed by atoms with Crippen LogP contribution in [0.2, 0.25) is 0 Å². The van der Waals surface area contributed by atoms with Gasteiger partial charge in [-0.1, -0.05) is 12.2 Å². The van der Waals surface area contributed by atoms with E-state index in [1.807, 2.05) is 19.1 Å². The molecule has 16 heavy (non-hydrogen) atoms. The Morgan fingerprint density at radius 1 is 1.50 bits per heavy atom. The molecule has 0 unspecified atom stereocenters. The molecule has 2 heterocycles. The van der Waals surface area contributed by atoms with E-state index >= 15 is 0 Å². The highest BCUT2D eigenvalue weighted by Gasteiger charge is 2.54. The number of epoxide rings is 1. The molecule has 6 atom stereocenters. The lowest BCUT2D eigenvalue weighted by Crippen LogP contribution is -2.38. The fourth-order valence-electron chi connectivity index (χ4n) is 2.06. The van der Waals surface area contributed by atoms with Crippen LogP contribution >= 0.6 is 0 Å². The van der Waals surface area contributed by atoms with Crippen LogP contribution in [0.1, 0.15) is 13.8 Å². The molecule has 0 aliphatic carbocycles. The second kappa shape index (κ2) is 4.16. The fraction of sp³-hybridized carbons (Fsp3) is 0.727. The topological polar surface area (TPSA) is 79.3 Å². The monoisotopic (exact) mass is 228 g/mol. The maximum Gasteiger partial charge on any atom is 0.314 e. The molecule has 0 radical (unpaired) electrons. The number of aliphatic hydroxyl groups is 2. The normalized spacial score (nSPS) is 44.8. The average molecular weight is 228 g/mol. The number of ether oxygens (including phenoxy) is 2. The van der Waals surface area contributed by atoms with E-state index in [1.165, 1.54) is 0 Å². The van der Waals surface area contributed by atoms with Crippen molar-refractivity contribution in [1.82, 2.24) is 0 Å². The highest BCUT2D eigenvalue weighted by Crippen LogP contribution is 2.35. The molecule has 0 amide bonds. The zero-order valence-corrected chi connectivity index (χ0v) is 9.24. The zero-order chi connectivity index (χ0) is 11.9. The number of allylic oxidation sites excluding steroid dienone is 1. The fourth-order valence-corrected chi connectivity index (χ4v) is 2.06. The molecule has 5 heteroatoms. The Kier molecular flexibility index (Phi) is 3.01. The van der Waals surface area contributed by atoms with Gasteiger partial charge in [-0.25, -0.2) is 0 Å². The van der Waals surface area contributed by atoms with Crippen LogP contribution in [-0.4, -0.2) is 46.7 Å². The molecular weight excluding hydrogens is 212 g/mol. The highest BCUT2D eigenvalue weighted by atomic mass is 16.6. The molecule has 5 nitrogen and oxygen atoms in total. The first-order valence-electron chi connectivity index (χ1n) is 5.41. The van der Waals surface area contributed by atoms with E-state index in [0.717, 1.165) is 0 Å². The summed E-state index contributed by atoms with van der Waals surface area (Å²) in [6, 6.07) is 0. The van der Waals surface area contributed by atoms with Crippen molar-refractivity contribution in [2.45, 2.75) is 44.4 Å². The number of carbonyl (C=O) groups is 1. The van der Waals surface area contributed by atoms with Crippen LogP contribution in [0.5, 0.6) is 0 Å². The third kappa shape index (κ3) is 1.86. The number of hydrogen-bond acceptors (Lipinski definition) is 5. The molecule has 0 aromatic carbocycles. The molecule has 0 aromatic rings. The first-order valence-corrected chi connectivity index (χ1v) is 5.41.